The number of ether oxygens (including phenoxy) is 1. The molecule has 30 heavy (non-hydrogen) atoms. The van der Waals surface area contributed by atoms with Crippen LogP contribution in [-0.2, 0) is 17.8 Å². The minimum Gasteiger partial charge on any atom is -0.379 e. The Hall–Kier alpha value is -0.900. The predicted molar refractivity (Wildman–Crippen MR) is 136 cm³/mol. The number of nitrogens with one attached hydrogen (secondary N) is 2. The molecule has 0 spiro atoms. The maximum absolute atomic E-state index is 5.55. The molecule has 2 heterocycles. The number of guanidine groups is 1. The third kappa shape index (κ3) is 7.98. The molecule has 0 bridgehead atoms. The Morgan fingerprint density at radius 2 is 1.80 bits per heavy atom. The van der Waals surface area contributed by atoms with Crippen molar-refractivity contribution in [2.45, 2.75) is 58.3 Å². The van der Waals surface area contributed by atoms with Crippen LogP contribution in [0.25, 0.3) is 0 Å². The largest absolute Gasteiger partial charge is 0.379 e. The molecule has 0 aromatic heterocycles. The number of nitrogens with zero attached hydrogens (tertiary/aromatic N) is 3. The predicted octanol–water partition coefficient (Wildman–Crippen LogP) is 3.06. The van der Waals surface area contributed by atoms with E-state index in [-0.39, 0.29) is 24.0 Å². The van der Waals surface area contributed by atoms with Crippen LogP contribution in [0.1, 0.15) is 44.2 Å². The molecule has 2 saturated heterocycles. The van der Waals surface area contributed by atoms with E-state index in [0.717, 1.165) is 45.4 Å². The van der Waals surface area contributed by atoms with Gasteiger partial charge in [-0.25, -0.2) is 0 Å². The van der Waals surface area contributed by atoms with Gasteiger partial charge in [0.1, 0.15) is 0 Å². The molecule has 2 aliphatic rings. The van der Waals surface area contributed by atoms with Crippen molar-refractivity contribution in [3.8, 4) is 0 Å². The third-order valence-corrected chi connectivity index (χ3v) is 6.11. The minimum atomic E-state index is 0. The van der Waals surface area contributed by atoms with E-state index in [1.54, 1.807) is 0 Å². The van der Waals surface area contributed by atoms with Crippen molar-refractivity contribution < 1.29 is 4.74 Å². The highest BCUT2D eigenvalue weighted by molar-refractivity contribution is 14.0. The number of morpholine rings is 1. The highest BCUT2D eigenvalue weighted by Gasteiger charge is 2.23. The fraction of sp³-hybridized carbons (Fsp3) is 0.696. The van der Waals surface area contributed by atoms with Crippen LogP contribution in [0, 0.1) is 0 Å². The lowest BCUT2D eigenvalue weighted by molar-refractivity contribution is -0.0174. The normalized spacial score (nSPS) is 22.2. The first-order valence-electron chi connectivity index (χ1n) is 11.2. The van der Waals surface area contributed by atoms with E-state index >= 15 is 0 Å². The van der Waals surface area contributed by atoms with Crippen molar-refractivity contribution in [3.63, 3.8) is 0 Å². The van der Waals surface area contributed by atoms with Crippen molar-refractivity contribution in [2.75, 3.05) is 46.4 Å². The number of aliphatic imine (C=N–C) groups is 1. The van der Waals surface area contributed by atoms with Crippen LogP contribution in [0.5, 0.6) is 0 Å². The van der Waals surface area contributed by atoms with Gasteiger partial charge in [0.25, 0.3) is 0 Å². The summed E-state index contributed by atoms with van der Waals surface area (Å²) in [5.74, 6) is 0.857. The Balaban J connectivity index is 0.00000320. The van der Waals surface area contributed by atoms with Crippen molar-refractivity contribution in [1.29, 1.82) is 0 Å². The highest BCUT2D eigenvalue weighted by atomic mass is 127. The summed E-state index contributed by atoms with van der Waals surface area (Å²) < 4.78 is 5.55. The fourth-order valence-corrected chi connectivity index (χ4v) is 4.30. The van der Waals surface area contributed by atoms with Gasteiger partial charge >= 0.3 is 0 Å². The number of benzene rings is 1. The smallest absolute Gasteiger partial charge is 0.191 e. The molecule has 170 valence electrons. The first-order chi connectivity index (χ1) is 14.2. The van der Waals surface area contributed by atoms with Gasteiger partial charge in [0.15, 0.2) is 5.96 Å². The monoisotopic (exact) mass is 529 g/mol. The Labute approximate surface area is 199 Å². The maximum Gasteiger partial charge on any atom is 0.191 e. The summed E-state index contributed by atoms with van der Waals surface area (Å²) >= 11 is 0. The quantitative estimate of drug-likeness (QED) is 0.323. The molecule has 7 heteroatoms. The van der Waals surface area contributed by atoms with E-state index in [1.807, 2.05) is 7.05 Å². The summed E-state index contributed by atoms with van der Waals surface area (Å²) in [4.78, 5) is 9.45. The Morgan fingerprint density at radius 1 is 1.10 bits per heavy atom. The van der Waals surface area contributed by atoms with Gasteiger partial charge in [0.05, 0.1) is 13.2 Å². The molecular formula is C23H40IN5O. The second kappa shape index (κ2) is 13.5. The number of rotatable bonds is 7. The van der Waals surface area contributed by atoms with E-state index in [4.69, 9.17) is 4.74 Å². The first kappa shape index (κ1) is 25.4. The van der Waals surface area contributed by atoms with Gasteiger partial charge in [-0.2, -0.15) is 0 Å². The lowest BCUT2D eigenvalue weighted by Gasteiger charge is -2.38. The highest BCUT2D eigenvalue weighted by Crippen LogP contribution is 2.14. The molecule has 2 fully saturated rings. The van der Waals surface area contributed by atoms with E-state index in [1.165, 1.54) is 43.5 Å². The number of halogens is 1. The zero-order chi connectivity index (χ0) is 20.5. The summed E-state index contributed by atoms with van der Waals surface area (Å²) in [6, 6.07) is 9.92. The molecular weight excluding hydrogens is 489 g/mol. The standard InChI is InChI=1S/C23H39N5O.HI/c1-19(28-13-14-29-18-20(28)2)15-25-23(24-3)26-16-21-7-9-22(10-8-21)17-27-11-5-4-6-12-27;/h7-10,19-20H,4-6,11-18H2,1-3H3,(H2,24,25,26);1H. The van der Waals surface area contributed by atoms with Gasteiger partial charge in [-0.05, 0) is 50.9 Å². The number of hydrogen-bond donors (Lipinski definition) is 2. The summed E-state index contributed by atoms with van der Waals surface area (Å²) in [6.07, 6.45) is 4.08. The maximum atomic E-state index is 5.55. The number of likely N-dealkylation sites (tertiary alicyclic amines) is 1. The van der Waals surface area contributed by atoms with Crippen LogP contribution < -0.4 is 10.6 Å². The SMILES string of the molecule is CN=C(NCc1ccc(CN2CCCCC2)cc1)NCC(C)N1CCOCC1C.I. The van der Waals surface area contributed by atoms with Crippen LogP contribution in [0.15, 0.2) is 29.3 Å². The Bertz CT molecular complexity index is 633. The van der Waals surface area contributed by atoms with Crippen molar-refractivity contribution in [1.82, 2.24) is 20.4 Å². The summed E-state index contributed by atoms with van der Waals surface area (Å²) in [5, 5.41) is 6.91. The van der Waals surface area contributed by atoms with Crippen molar-refractivity contribution in [3.05, 3.63) is 35.4 Å². The first-order valence-corrected chi connectivity index (χ1v) is 11.2. The van der Waals surface area contributed by atoms with Crippen LogP contribution in [0.4, 0.5) is 0 Å². The lowest BCUT2D eigenvalue weighted by Crippen LogP contribution is -2.52. The lowest BCUT2D eigenvalue weighted by atomic mass is 10.1. The van der Waals surface area contributed by atoms with E-state index in [2.05, 4.69) is 63.5 Å². The fourth-order valence-electron chi connectivity index (χ4n) is 4.30. The van der Waals surface area contributed by atoms with E-state index in [9.17, 15) is 0 Å². The van der Waals surface area contributed by atoms with Gasteiger partial charge < -0.3 is 15.4 Å². The number of piperidine rings is 1. The second-order valence-electron chi connectivity index (χ2n) is 8.47. The molecule has 0 saturated carbocycles. The van der Waals surface area contributed by atoms with Crippen LogP contribution >= 0.6 is 24.0 Å². The molecule has 2 N–H and O–H groups in total. The van der Waals surface area contributed by atoms with Crippen molar-refractivity contribution in [2.24, 2.45) is 4.99 Å². The molecule has 2 atom stereocenters. The molecule has 0 radical (unpaired) electrons. The zero-order valence-corrected chi connectivity index (χ0v) is 21.2. The van der Waals surface area contributed by atoms with E-state index < -0.39 is 0 Å². The number of hydrogen-bond acceptors (Lipinski definition) is 4. The third-order valence-electron chi connectivity index (χ3n) is 6.11. The molecule has 2 aliphatic heterocycles. The average molecular weight is 530 g/mol. The summed E-state index contributed by atoms with van der Waals surface area (Å²) in [5.41, 5.74) is 2.69. The van der Waals surface area contributed by atoms with Gasteiger partial charge in [-0.15, -0.1) is 24.0 Å². The zero-order valence-electron chi connectivity index (χ0n) is 18.9. The Kier molecular flexibility index (Phi) is 11.4. The van der Waals surface area contributed by atoms with Crippen molar-refractivity contribution >= 4 is 29.9 Å². The molecule has 3 rings (SSSR count). The van der Waals surface area contributed by atoms with Gasteiger partial charge in [0.2, 0.25) is 0 Å². The second-order valence-corrected chi connectivity index (χ2v) is 8.47. The van der Waals surface area contributed by atoms with Gasteiger partial charge in [0, 0.05) is 45.3 Å². The van der Waals surface area contributed by atoms with Crippen LogP contribution in [0.2, 0.25) is 0 Å². The molecule has 1 aromatic rings. The van der Waals surface area contributed by atoms with Crippen LogP contribution in [0.3, 0.4) is 0 Å². The molecule has 6 nitrogen and oxygen atoms in total. The average Bonchev–Trinajstić information content (AvgIpc) is 2.76. The topological polar surface area (TPSA) is 52.1 Å². The molecule has 0 aliphatic carbocycles. The molecule has 2 unspecified atom stereocenters. The molecule has 0 amide bonds. The summed E-state index contributed by atoms with van der Waals surface area (Å²) in [6.45, 7) is 12.4. The van der Waals surface area contributed by atoms with Gasteiger partial charge in [-0.1, -0.05) is 30.7 Å². The minimum absolute atomic E-state index is 0. The summed E-state index contributed by atoms with van der Waals surface area (Å²) in [7, 11) is 1.83. The molecule has 1 aromatic carbocycles. The van der Waals surface area contributed by atoms with E-state index in [0.29, 0.717) is 12.1 Å². The Morgan fingerprint density at radius 3 is 2.47 bits per heavy atom. The van der Waals surface area contributed by atoms with Gasteiger partial charge in [-0.3, -0.25) is 14.8 Å². The van der Waals surface area contributed by atoms with Crippen LogP contribution in [-0.4, -0.2) is 74.3 Å².